The van der Waals surface area contributed by atoms with Crippen LogP contribution in [0.3, 0.4) is 0 Å². The van der Waals surface area contributed by atoms with Gasteiger partial charge in [-0.3, -0.25) is 0 Å². The normalized spacial score (nSPS) is 17.2. The third kappa shape index (κ3) is 1.66. The summed E-state index contributed by atoms with van der Waals surface area (Å²) < 4.78 is 15.8. The lowest BCUT2D eigenvalue weighted by Gasteiger charge is -2.13. The highest BCUT2D eigenvalue weighted by Crippen LogP contribution is 2.33. The van der Waals surface area contributed by atoms with Crippen molar-refractivity contribution in [2.24, 2.45) is 0 Å². The first-order chi connectivity index (χ1) is 6.81. The van der Waals surface area contributed by atoms with Crippen LogP contribution < -0.4 is 4.74 Å². The Hall–Kier alpha value is -1.26. The molecule has 1 saturated heterocycles. The predicted octanol–water partition coefficient (Wildman–Crippen LogP) is 1.45. The zero-order chi connectivity index (χ0) is 9.97. The molecule has 0 unspecified atom stereocenters. The second-order valence-electron chi connectivity index (χ2n) is 3.00. The number of phenolic OH excluding ortho intramolecular Hbond substituents is 1. The molecule has 1 N–H and O–H groups in total. The van der Waals surface area contributed by atoms with Crippen molar-refractivity contribution >= 4 is 0 Å². The van der Waals surface area contributed by atoms with Crippen LogP contribution in [-0.2, 0) is 9.47 Å². The van der Waals surface area contributed by atoms with Gasteiger partial charge >= 0.3 is 0 Å². The molecule has 0 saturated carbocycles. The highest BCUT2D eigenvalue weighted by Gasteiger charge is 2.21. The number of ether oxygens (including phenoxy) is 3. The van der Waals surface area contributed by atoms with Gasteiger partial charge in [0.05, 0.1) is 20.3 Å². The Balaban J connectivity index is 2.31. The van der Waals surface area contributed by atoms with Crippen molar-refractivity contribution in [3.63, 3.8) is 0 Å². The van der Waals surface area contributed by atoms with Crippen molar-refractivity contribution in [1.29, 1.82) is 0 Å². The third-order valence-corrected chi connectivity index (χ3v) is 2.09. The van der Waals surface area contributed by atoms with E-state index in [-0.39, 0.29) is 12.0 Å². The van der Waals surface area contributed by atoms with E-state index in [1.807, 2.05) is 0 Å². The monoisotopic (exact) mass is 196 g/mol. The molecule has 1 aliphatic heterocycles. The Morgan fingerprint density at radius 2 is 2.07 bits per heavy atom. The fourth-order valence-corrected chi connectivity index (χ4v) is 1.43. The van der Waals surface area contributed by atoms with Gasteiger partial charge < -0.3 is 19.3 Å². The van der Waals surface area contributed by atoms with Crippen molar-refractivity contribution in [2.45, 2.75) is 6.29 Å². The average Bonchev–Trinajstić information content (AvgIpc) is 2.70. The predicted molar refractivity (Wildman–Crippen MR) is 49.3 cm³/mol. The Labute approximate surface area is 82.0 Å². The van der Waals surface area contributed by atoms with E-state index in [2.05, 4.69) is 0 Å². The highest BCUT2D eigenvalue weighted by atomic mass is 16.7. The van der Waals surface area contributed by atoms with E-state index in [0.717, 1.165) is 5.56 Å². The van der Waals surface area contributed by atoms with E-state index >= 15 is 0 Å². The molecule has 0 bridgehead atoms. The zero-order valence-electron chi connectivity index (χ0n) is 7.90. The second kappa shape index (κ2) is 3.86. The summed E-state index contributed by atoms with van der Waals surface area (Å²) in [6, 6.07) is 4.87. The van der Waals surface area contributed by atoms with Gasteiger partial charge in [-0.1, -0.05) is 0 Å². The zero-order valence-corrected chi connectivity index (χ0v) is 7.90. The van der Waals surface area contributed by atoms with Crippen LogP contribution in [0.4, 0.5) is 0 Å². The van der Waals surface area contributed by atoms with Crippen LogP contribution in [0.1, 0.15) is 11.9 Å². The molecule has 4 heteroatoms. The van der Waals surface area contributed by atoms with Gasteiger partial charge in [-0.2, -0.15) is 0 Å². The van der Waals surface area contributed by atoms with Crippen LogP contribution in [0.15, 0.2) is 18.2 Å². The molecule has 76 valence electrons. The number of phenols is 1. The molecule has 1 fully saturated rings. The molecule has 4 nitrogen and oxygen atoms in total. The highest BCUT2D eigenvalue weighted by molar-refractivity contribution is 5.40. The first-order valence-corrected chi connectivity index (χ1v) is 4.41. The SMILES string of the molecule is COc1cc(O)ccc1C1OCCO1. The van der Waals surface area contributed by atoms with Crippen LogP contribution in [0.5, 0.6) is 11.5 Å². The maximum absolute atomic E-state index is 9.25. The van der Waals surface area contributed by atoms with Gasteiger partial charge in [-0.15, -0.1) is 0 Å². The van der Waals surface area contributed by atoms with Crippen LogP contribution in [0.2, 0.25) is 0 Å². The minimum Gasteiger partial charge on any atom is -0.508 e. The number of benzene rings is 1. The van der Waals surface area contributed by atoms with Gasteiger partial charge in [0.2, 0.25) is 0 Å². The molecule has 0 spiro atoms. The maximum atomic E-state index is 9.25. The van der Waals surface area contributed by atoms with Gasteiger partial charge in [-0.25, -0.2) is 0 Å². The van der Waals surface area contributed by atoms with Crippen molar-refractivity contribution < 1.29 is 19.3 Å². The molecule has 0 amide bonds. The van der Waals surface area contributed by atoms with E-state index in [1.165, 1.54) is 0 Å². The first kappa shape index (κ1) is 9.30. The number of rotatable bonds is 2. The standard InChI is InChI=1S/C10H12O4/c1-12-9-6-7(11)2-3-8(9)10-13-4-5-14-10/h2-3,6,10-11H,4-5H2,1H3. The van der Waals surface area contributed by atoms with E-state index in [9.17, 15) is 5.11 Å². The van der Waals surface area contributed by atoms with Gasteiger partial charge in [0, 0.05) is 11.6 Å². The summed E-state index contributed by atoms with van der Waals surface area (Å²) in [5.41, 5.74) is 0.808. The summed E-state index contributed by atoms with van der Waals surface area (Å²) in [5.74, 6) is 0.750. The topological polar surface area (TPSA) is 47.9 Å². The van der Waals surface area contributed by atoms with Crippen molar-refractivity contribution in [3.8, 4) is 11.5 Å². The number of methoxy groups -OCH3 is 1. The van der Waals surface area contributed by atoms with Crippen LogP contribution in [0.25, 0.3) is 0 Å². The van der Waals surface area contributed by atoms with Gasteiger partial charge in [-0.05, 0) is 12.1 Å². The van der Waals surface area contributed by atoms with Crippen molar-refractivity contribution in [3.05, 3.63) is 23.8 Å². The smallest absolute Gasteiger partial charge is 0.187 e. The summed E-state index contributed by atoms with van der Waals surface area (Å²) in [7, 11) is 1.55. The van der Waals surface area contributed by atoms with Gasteiger partial charge in [0.15, 0.2) is 6.29 Å². The fraction of sp³-hybridized carbons (Fsp3) is 0.400. The van der Waals surface area contributed by atoms with Gasteiger partial charge in [0.25, 0.3) is 0 Å². The maximum Gasteiger partial charge on any atom is 0.187 e. The first-order valence-electron chi connectivity index (χ1n) is 4.41. The molecule has 1 aromatic rings. The lowest BCUT2D eigenvalue weighted by molar-refractivity contribution is -0.0455. The summed E-state index contributed by atoms with van der Waals surface area (Å²) in [6.07, 6.45) is -0.370. The quantitative estimate of drug-likeness (QED) is 0.777. The largest absolute Gasteiger partial charge is 0.508 e. The van der Waals surface area contributed by atoms with Crippen LogP contribution >= 0.6 is 0 Å². The third-order valence-electron chi connectivity index (χ3n) is 2.09. The number of aromatic hydroxyl groups is 1. The summed E-state index contributed by atoms with van der Waals surface area (Å²) in [4.78, 5) is 0. The Bertz CT molecular complexity index is 318. The molecule has 0 aliphatic carbocycles. The molecular formula is C10H12O4. The Kier molecular flexibility index (Phi) is 2.56. The van der Waals surface area contributed by atoms with E-state index in [4.69, 9.17) is 14.2 Å². The van der Waals surface area contributed by atoms with Gasteiger partial charge in [0.1, 0.15) is 11.5 Å². The second-order valence-corrected chi connectivity index (χ2v) is 3.00. The summed E-state index contributed by atoms with van der Waals surface area (Å²) in [5, 5.41) is 9.25. The number of hydrogen-bond donors (Lipinski definition) is 1. The number of hydrogen-bond acceptors (Lipinski definition) is 4. The van der Waals surface area contributed by atoms with Crippen molar-refractivity contribution in [1.82, 2.24) is 0 Å². The summed E-state index contributed by atoms with van der Waals surface area (Å²) in [6.45, 7) is 1.18. The lowest BCUT2D eigenvalue weighted by Crippen LogP contribution is -2.00. The molecule has 0 atom stereocenters. The minimum absolute atomic E-state index is 0.170. The lowest BCUT2D eigenvalue weighted by atomic mass is 10.2. The van der Waals surface area contributed by atoms with Crippen molar-refractivity contribution in [2.75, 3.05) is 20.3 Å². The summed E-state index contributed by atoms with van der Waals surface area (Å²) >= 11 is 0. The van der Waals surface area contributed by atoms with Crippen LogP contribution in [-0.4, -0.2) is 25.4 Å². The minimum atomic E-state index is -0.370. The molecule has 2 rings (SSSR count). The fourth-order valence-electron chi connectivity index (χ4n) is 1.43. The molecule has 0 aromatic heterocycles. The Morgan fingerprint density at radius 3 is 2.71 bits per heavy atom. The van der Waals surface area contributed by atoms with E-state index in [1.54, 1.807) is 25.3 Å². The average molecular weight is 196 g/mol. The molecule has 1 aromatic carbocycles. The molecule has 0 radical (unpaired) electrons. The molecule has 1 heterocycles. The Morgan fingerprint density at radius 1 is 1.36 bits per heavy atom. The van der Waals surface area contributed by atoms with E-state index < -0.39 is 0 Å². The molecule has 1 aliphatic rings. The molecule has 14 heavy (non-hydrogen) atoms. The van der Waals surface area contributed by atoms with E-state index in [0.29, 0.717) is 19.0 Å². The van der Waals surface area contributed by atoms with Crippen LogP contribution in [0, 0.1) is 0 Å². The molecular weight excluding hydrogens is 184 g/mol.